The zero-order valence-electron chi connectivity index (χ0n) is 11.3. The third-order valence-electron chi connectivity index (χ3n) is 3.08. The normalized spacial score (nSPS) is 11.2. The fourth-order valence-electron chi connectivity index (χ4n) is 2.07. The minimum atomic E-state index is 0.630. The van der Waals surface area contributed by atoms with Crippen LogP contribution in [0.1, 0.15) is 17.2 Å². The maximum atomic E-state index is 5.88. The van der Waals surface area contributed by atoms with Gasteiger partial charge in [0.05, 0.1) is 0 Å². The van der Waals surface area contributed by atoms with Gasteiger partial charge in [0.25, 0.3) is 0 Å². The quantitative estimate of drug-likeness (QED) is 0.559. The zero-order valence-corrected chi connectivity index (χ0v) is 14.2. The Bertz CT molecular complexity index is 826. The number of fused-ring (bicyclic) bond motifs is 1. The standard InChI is InChI=1S/C17H13NO2.W/c1-2-3-4-7-13-10-11-14(19-13)12-16-15-8-5-6-9-17(15)20-18-16;/h2-6,8-11H,1,12H2;/b4-3-;. The molecule has 1 aromatic carbocycles. The molecule has 0 radical (unpaired) electrons. The predicted octanol–water partition coefficient (Wildman–Crippen LogP) is 3.82. The van der Waals surface area contributed by atoms with Crippen LogP contribution >= 0.6 is 0 Å². The Morgan fingerprint density at radius 3 is 2.95 bits per heavy atom. The Labute approximate surface area is 133 Å². The van der Waals surface area contributed by atoms with E-state index in [1.807, 2.05) is 48.6 Å². The first kappa shape index (κ1) is 14.0. The molecule has 0 aliphatic carbocycles. The van der Waals surface area contributed by atoms with Crippen LogP contribution in [0.3, 0.4) is 0 Å². The Kier molecular flexibility index (Phi) is 4.12. The van der Waals surface area contributed by atoms with E-state index < -0.39 is 0 Å². The summed E-state index contributed by atoms with van der Waals surface area (Å²) in [5, 5.41) is 5.17. The van der Waals surface area contributed by atoms with E-state index in [-0.39, 0.29) is 0 Å². The second kappa shape index (κ2) is 6.19. The second-order valence-corrected chi connectivity index (χ2v) is 6.11. The summed E-state index contributed by atoms with van der Waals surface area (Å²) >= 11 is 1.36. The Morgan fingerprint density at radius 2 is 2.10 bits per heavy atom. The van der Waals surface area contributed by atoms with Crippen LogP contribution in [0.15, 0.2) is 70.1 Å². The predicted molar refractivity (Wildman–Crippen MR) is 79.0 cm³/mol. The van der Waals surface area contributed by atoms with Gasteiger partial charge >= 0.3 is 133 Å². The first-order chi connectivity index (χ1) is 10.3. The molecule has 0 saturated carbocycles. The zero-order chi connectivity index (χ0) is 14.7. The topological polar surface area (TPSA) is 39.2 Å². The van der Waals surface area contributed by atoms with Crippen LogP contribution in [-0.2, 0) is 25.8 Å². The minimum absolute atomic E-state index is 0.630. The molecule has 21 heavy (non-hydrogen) atoms. The Balaban J connectivity index is 1.83. The third kappa shape index (κ3) is 3.03. The van der Waals surface area contributed by atoms with E-state index in [2.05, 4.69) is 11.7 Å². The van der Waals surface area contributed by atoms with Crippen LogP contribution in [0.4, 0.5) is 0 Å². The van der Waals surface area contributed by atoms with E-state index >= 15 is 0 Å². The van der Waals surface area contributed by atoms with Crippen LogP contribution < -0.4 is 0 Å². The van der Waals surface area contributed by atoms with Crippen LogP contribution in [0.25, 0.3) is 11.0 Å². The van der Waals surface area contributed by atoms with Crippen molar-refractivity contribution in [2.75, 3.05) is 0 Å². The number of hydrogen-bond acceptors (Lipinski definition) is 3. The molecule has 0 aliphatic rings. The van der Waals surface area contributed by atoms with Crippen molar-refractivity contribution >= 4 is 14.9 Å². The Morgan fingerprint density at radius 1 is 1.24 bits per heavy atom. The van der Waals surface area contributed by atoms with Gasteiger partial charge in [-0.05, 0) is 0 Å². The van der Waals surface area contributed by atoms with Crippen LogP contribution in [0, 0.1) is 0 Å². The second-order valence-electron chi connectivity index (χ2n) is 4.53. The van der Waals surface area contributed by atoms with E-state index in [4.69, 9.17) is 8.94 Å². The third-order valence-corrected chi connectivity index (χ3v) is 4.29. The molecule has 3 aromatic rings. The molecule has 104 valence electrons. The van der Waals surface area contributed by atoms with Crippen LogP contribution in [0.2, 0.25) is 0 Å². The van der Waals surface area contributed by atoms with Crippen LogP contribution in [0.5, 0.6) is 0 Å². The maximum absolute atomic E-state index is 5.88. The van der Waals surface area contributed by atoms with E-state index in [1.54, 1.807) is 6.08 Å². The molecule has 0 saturated heterocycles. The van der Waals surface area contributed by atoms with Crippen molar-refractivity contribution in [3.05, 3.63) is 78.4 Å². The molecule has 3 rings (SSSR count). The molecule has 0 aliphatic heterocycles. The summed E-state index contributed by atoms with van der Waals surface area (Å²) < 4.78 is 12.3. The summed E-state index contributed by atoms with van der Waals surface area (Å²) in [6.45, 7) is 3.67. The van der Waals surface area contributed by atoms with E-state index in [9.17, 15) is 0 Å². The van der Waals surface area contributed by atoms with Gasteiger partial charge in [-0.15, -0.1) is 0 Å². The number of benzene rings is 1. The van der Waals surface area contributed by atoms with E-state index in [0.29, 0.717) is 6.42 Å². The number of rotatable bonds is 5. The average molecular weight is 447 g/mol. The van der Waals surface area contributed by atoms with Gasteiger partial charge in [-0.1, -0.05) is 0 Å². The van der Waals surface area contributed by atoms with Gasteiger partial charge in [0, 0.05) is 0 Å². The summed E-state index contributed by atoms with van der Waals surface area (Å²) in [5.74, 6) is 1.78. The average Bonchev–Trinajstić information content (AvgIpc) is 3.13. The van der Waals surface area contributed by atoms with Crippen molar-refractivity contribution in [2.45, 2.75) is 6.42 Å². The van der Waals surface area contributed by atoms with Crippen molar-refractivity contribution < 1.29 is 28.3 Å². The summed E-state index contributed by atoms with van der Waals surface area (Å²) in [6.07, 6.45) is 6.31. The summed E-state index contributed by atoms with van der Waals surface area (Å²) in [7, 11) is 0. The fourth-order valence-corrected chi connectivity index (χ4v) is 2.75. The molecular weight excluding hydrogens is 434 g/mol. The number of nitrogens with zero attached hydrogens (tertiary/aromatic N) is 1. The number of furan rings is 1. The molecular formula is C17H13NO2W. The van der Waals surface area contributed by atoms with Gasteiger partial charge in [0.2, 0.25) is 0 Å². The first-order valence-corrected chi connectivity index (χ1v) is 8.00. The van der Waals surface area contributed by atoms with Crippen molar-refractivity contribution in [3.63, 3.8) is 0 Å². The van der Waals surface area contributed by atoms with E-state index in [1.165, 1.54) is 19.4 Å². The first-order valence-electron chi connectivity index (χ1n) is 6.53. The van der Waals surface area contributed by atoms with E-state index in [0.717, 1.165) is 32.1 Å². The molecule has 4 heteroatoms. The van der Waals surface area contributed by atoms with Gasteiger partial charge in [0.1, 0.15) is 0 Å². The molecule has 0 amide bonds. The number of aromatic nitrogens is 1. The molecule has 0 N–H and O–H groups in total. The fraction of sp³-hybridized carbons (Fsp3) is 0.0588. The molecule has 0 fully saturated rings. The number of hydrogen-bond donors (Lipinski definition) is 0. The molecule has 2 aromatic heterocycles. The van der Waals surface area contributed by atoms with Crippen LogP contribution in [-0.4, -0.2) is 9.05 Å². The van der Waals surface area contributed by atoms with Crippen molar-refractivity contribution in [1.29, 1.82) is 0 Å². The van der Waals surface area contributed by atoms with Gasteiger partial charge < -0.3 is 0 Å². The molecule has 0 unspecified atom stereocenters. The van der Waals surface area contributed by atoms with Crippen molar-refractivity contribution in [3.8, 4) is 0 Å². The molecule has 0 bridgehead atoms. The molecule has 3 nitrogen and oxygen atoms in total. The summed E-state index contributed by atoms with van der Waals surface area (Å²) in [5.41, 5.74) is 1.71. The monoisotopic (exact) mass is 447 g/mol. The molecule has 0 atom stereocenters. The van der Waals surface area contributed by atoms with Gasteiger partial charge in [0.15, 0.2) is 0 Å². The summed E-state index contributed by atoms with van der Waals surface area (Å²) in [6, 6.07) is 11.8. The van der Waals surface area contributed by atoms with Crippen molar-refractivity contribution in [1.82, 2.24) is 5.16 Å². The SMILES string of the molecule is C=C/C=C\[C](=[W])c1ccc(Cc2noc3ccccc23)o1. The van der Waals surface area contributed by atoms with Crippen molar-refractivity contribution in [2.24, 2.45) is 0 Å². The summed E-state index contributed by atoms with van der Waals surface area (Å²) in [4.78, 5) is 0. The van der Waals surface area contributed by atoms with Gasteiger partial charge in [-0.25, -0.2) is 0 Å². The van der Waals surface area contributed by atoms with Gasteiger partial charge in [-0.3, -0.25) is 0 Å². The number of para-hydroxylation sites is 1. The number of allylic oxidation sites excluding steroid dienone is 3. The Hall–Kier alpha value is -1.99. The molecule has 0 spiro atoms. The van der Waals surface area contributed by atoms with Gasteiger partial charge in [-0.2, -0.15) is 0 Å². The molecule has 2 heterocycles.